The number of hydrogen-bond donors (Lipinski definition) is 0. The highest BCUT2D eigenvalue weighted by atomic mass is 31.2. The molecule has 4 aromatic carbocycles. The number of benzene rings is 4. The van der Waals surface area contributed by atoms with Crippen LogP contribution in [0, 0.1) is 0 Å². The maximum Gasteiger partial charge on any atom is 0.146 e. The first-order valence-corrected chi connectivity index (χ1v) is 14.9. The van der Waals surface area contributed by atoms with E-state index < -0.39 is 14.5 Å². The van der Waals surface area contributed by atoms with Crippen molar-refractivity contribution < 1.29 is 0 Å². The Bertz CT molecular complexity index is 1030. The van der Waals surface area contributed by atoms with Crippen LogP contribution in [0.4, 0.5) is 0 Å². The normalized spacial score (nSPS) is 12.0. The van der Waals surface area contributed by atoms with Crippen LogP contribution in [-0.2, 0) is 0 Å². The topological polar surface area (TPSA) is 0 Å². The van der Waals surface area contributed by atoms with Crippen LogP contribution < -0.4 is 26.5 Å². The molecule has 0 aliphatic heterocycles. The van der Waals surface area contributed by atoms with Gasteiger partial charge in [0.2, 0.25) is 0 Å². The number of hydrogen-bond acceptors (Lipinski definition) is 0. The van der Waals surface area contributed by atoms with Gasteiger partial charge < -0.3 is 0 Å². The Kier molecular flexibility index (Phi) is 5.69. The highest BCUT2D eigenvalue weighted by Gasteiger charge is 2.47. The fourth-order valence-electron chi connectivity index (χ4n) is 4.13. The molecule has 2 heteroatoms. The van der Waals surface area contributed by atoms with Crippen LogP contribution >= 0.6 is 14.5 Å². The Morgan fingerprint density at radius 1 is 0.379 bits per heavy atom. The maximum atomic E-state index is 2.49. The third kappa shape index (κ3) is 3.69. The molecule has 0 unspecified atom stereocenters. The summed E-state index contributed by atoms with van der Waals surface area (Å²) in [6, 6.07) is 42.4. The van der Waals surface area contributed by atoms with Gasteiger partial charge in [-0.1, -0.05) is 66.7 Å². The Morgan fingerprint density at radius 2 is 0.724 bits per heavy atom. The monoisotopic (exact) mass is 414 g/mol. The van der Waals surface area contributed by atoms with Crippen LogP contribution in [-0.4, -0.2) is 20.0 Å². The molecule has 0 spiro atoms. The molecule has 0 radical (unpaired) electrons. The Morgan fingerprint density at radius 3 is 1.17 bits per heavy atom. The molecule has 0 fully saturated rings. The van der Waals surface area contributed by atoms with Gasteiger partial charge in [-0.25, -0.2) is 0 Å². The van der Waals surface area contributed by atoms with Gasteiger partial charge >= 0.3 is 0 Å². The summed E-state index contributed by atoms with van der Waals surface area (Å²) < 4.78 is 0. The zero-order valence-electron chi connectivity index (χ0n) is 17.4. The molecular weight excluding hydrogens is 386 g/mol. The lowest BCUT2D eigenvalue weighted by molar-refractivity contribution is 1.72. The standard InChI is InChI=1S/C27H28P2/c1-28(2,23-15-7-4-8-16-23)26-21-13-14-22-27(26)29(3,24-17-9-5-10-18-24)25-19-11-6-12-20-25/h4-22H,1-3H3/q+2. The van der Waals surface area contributed by atoms with E-state index in [-0.39, 0.29) is 0 Å². The minimum atomic E-state index is -1.75. The van der Waals surface area contributed by atoms with Crippen LogP contribution in [0.5, 0.6) is 0 Å². The van der Waals surface area contributed by atoms with Gasteiger partial charge in [0.1, 0.15) is 28.5 Å². The van der Waals surface area contributed by atoms with Crippen LogP contribution in [0.2, 0.25) is 0 Å². The third-order valence-electron chi connectivity index (χ3n) is 5.91. The van der Waals surface area contributed by atoms with Gasteiger partial charge in [-0.15, -0.1) is 0 Å². The molecule has 29 heavy (non-hydrogen) atoms. The van der Waals surface area contributed by atoms with Crippen LogP contribution in [0.1, 0.15) is 0 Å². The van der Waals surface area contributed by atoms with E-state index in [9.17, 15) is 0 Å². The lowest BCUT2D eigenvalue weighted by Crippen LogP contribution is -2.40. The fourth-order valence-corrected chi connectivity index (χ4v) is 11.1. The van der Waals surface area contributed by atoms with Crippen molar-refractivity contribution in [1.82, 2.24) is 0 Å². The quantitative estimate of drug-likeness (QED) is 0.410. The zero-order chi connectivity index (χ0) is 20.3. The summed E-state index contributed by atoms with van der Waals surface area (Å²) in [4.78, 5) is 0. The Labute approximate surface area is 176 Å². The molecular formula is C27H28P2+2. The average Bonchev–Trinajstić information content (AvgIpc) is 2.80. The summed E-state index contributed by atoms with van der Waals surface area (Å²) in [5.41, 5.74) is 0. The Hall–Kier alpha value is -2.26. The summed E-state index contributed by atoms with van der Waals surface area (Å²) in [5, 5.41) is 7.37. The third-order valence-corrected chi connectivity index (χ3v) is 13.3. The molecule has 0 aliphatic carbocycles. The van der Waals surface area contributed by atoms with E-state index in [1.165, 1.54) is 26.5 Å². The van der Waals surface area contributed by atoms with Crippen molar-refractivity contribution in [3.63, 3.8) is 0 Å². The van der Waals surface area contributed by atoms with Gasteiger partial charge in [0.05, 0.1) is 32.6 Å². The van der Waals surface area contributed by atoms with Gasteiger partial charge in [0, 0.05) is 0 Å². The molecule has 0 aliphatic rings. The minimum absolute atomic E-state index is 1.44. The smallest absolute Gasteiger partial charge is 0.0620 e. The lowest BCUT2D eigenvalue weighted by atomic mass is 10.3. The molecule has 0 atom stereocenters. The van der Waals surface area contributed by atoms with Gasteiger partial charge in [-0.05, 0) is 48.5 Å². The second-order valence-electron chi connectivity index (χ2n) is 7.96. The predicted octanol–water partition coefficient (Wildman–Crippen LogP) is 4.84. The first kappa shape index (κ1) is 20.0. The van der Waals surface area contributed by atoms with Crippen LogP contribution in [0.3, 0.4) is 0 Å². The minimum Gasteiger partial charge on any atom is -0.0620 e. The molecule has 0 saturated carbocycles. The number of rotatable bonds is 5. The summed E-state index contributed by atoms with van der Waals surface area (Å²) >= 11 is 0. The van der Waals surface area contributed by atoms with Crippen molar-refractivity contribution in [1.29, 1.82) is 0 Å². The van der Waals surface area contributed by atoms with E-state index in [4.69, 9.17) is 0 Å². The first-order valence-electron chi connectivity index (χ1n) is 10.0. The van der Waals surface area contributed by atoms with Crippen LogP contribution in [0.25, 0.3) is 0 Å². The summed E-state index contributed by atoms with van der Waals surface area (Å²) in [6.07, 6.45) is 0. The molecule has 4 rings (SSSR count). The highest BCUT2D eigenvalue weighted by Crippen LogP contribution is 2.56. The van der Waals surface area contributed by atoms with Crippen LogP contribution in [0.15, 0.2) is 115 Å². The average molecular weight is 414 g/mol. The first-order chi connectivity index (χ1) is 14.0. The Balaban J connectivity index is 1.99. The van der Waals surface area contributed by atoms with E-state index >= 15 is 0 Å². The molecule has 0 amide bonds. The van der Waals surface area contributed by atoms with E-state index in [0.29, 0.717) is 0 Å². The molecule has 0 N–H and O–H groups in total. The van der Waals surface area contributed by atoms with Crippen molar-refractivity contribution in [2.45, 2.75) is 0 Å². The SMILES string of the molecule is C[P+](C)(c1ccccc1)c1ccccc1[P+](C)(c1ccccc1)c1ccccc1. The largest absolute Gasteiger partial charge is 0.146 e. The molecule has 0 heterocycles. The van der Waals surface area contributed by atoms with Gasteiger partial charge in [-0.2, -0.15) is 0 Å². The van der Waals surface area contributed by atoms with Gasteiger partial charge in [0.25, 0.3) is 0 Å². The fraction of sp³-hybridized carbons (Fsp3) is 0.111. The summed E-state index contributed by atoms with van der Waals surface area (Å²) in [5.74, 6) is 0. The highest BCUT2D eigenvalue weighted by molar-refractivity contribution is 7.98. The van der Waals surface area contributed by atoms with Crippen molar-refractivity contribution in [2.75, 3.05) is 20.0 Å². The molecule has 0 bridgehead atoms. The molecule has 0 saturated heterocycles. The molecule has 4 aromatic rings. The molecule has 0 aromatic heterocycles. The van der Waals surface area contributed by atoms with Crippen molar-refractivity contribution >= 4 is 41.0 Å². The predicted molar refractivity (Wildman–Crippen MR) is 136 cm³/mol. The zero-order valence-corrected chi connectivity index (χ0v) is 19.2. The second-order valence-corrected chi connectivity index (χ2v) is 15.4. The van der Waals surface area contributed by atoms with E-state index in [2.05, 4.69) is 135 Å². The molecule has 144 valence electrons. The molecule has 0 nitrogen and oxygen atoms in total. The van der Waals surface area contributed by atoms with Crippen molar-refractivity contribution in [2.24, 2.45) is 0 Å². The van der Waals surface area contributed by atoms with E-state index in [0.717, 1.165) is 0 Å². The second kappa shape index (κ2) is 8.23. The van der Waals surface area contributed by atoms with Crippen molar-refractivity contribution in [3.8, 4) is 0 Å². The lowest BCUT2D eigenvalue weighted by Gasteiger charge is -2.27. The summed E-state index contributed by atoms with van der Waals surface area (Å²) in [6.45, 7) is 7.41. The van der Waals surface area contributed by atoms with Crippen molar-refractivity contribution in [3.05, 3.63) is 115 Å². The van der Waals surface area contributed by atoms with Gasteiger partial charge in [0.15, 0.2) is 0 Å². The maximum absolute atomic E-state index is 2.49. The van der Waals surface area contributed by atoms with Gasteiger partial charge in [-0.3, -0.25) is 0 Å². The van der Waals surface area contributed by atoms with E-state index in [1.807, 2.05) is 0 Å². The summed E-state index contributed by atoms with van der Waals surface area (Å²) in [7, 11) is -3.25. The van der Waals surface area contributed by atoms with E-state index in [1.54, 1.807) is 0 Å².